The average Bonchev–Trinajstić information content (AvgIpc) is 3.17. The van der Waals surface area contributed by atoms with Crippen molar-refractivity contribution >= 4 is 19.8 Å². The fourth-order valence-corrected chi connectivity index (χ4v) is 5.93. The van der Waals surface area contributed by atoms with Gasteiger partial charge in [-0.3, -0.25) is 18.6 Å². The third-order valence-electron chi connectivity index (χ3n) is 8.34. The number of aliphatic hydroxyl groups is 2. The summed E-state index contributed by atoms with van der Waals surface area (Å²) >= 11 is 0. The van der Waals surface area contributed by atoms with Gasteiger partial charge in [-0.2, -0.15) is 0 Å². The molecule has 0 aromatic carbocycles. The molecule has 0 aliphatic rings. The Bertz CT molecular complexity index is 1140. The van der Waals surface area contributed by atoms with E-state index in [1.807, 2.05) is 6.08 Å². The first-order valence-electron chi connectivity index (χ1n) is 20.9. The zero-order valence-corrected chi connectivity index (χ0v) is 35.0. The predicted molar refractivity (Wildman–Crippen MR) is 223 cm³/mol. The summed E-state index contributed by atoms with van der Waals surface area (Å²) < 4.78 is 32.6. The van der Waals surface area contributed by atoms with Crippen molar-refractivity contribution in [2.75, 3.05) is 26.4 Å². The van der Waals surface area contributed by atoms with Crippen molar-refractivity contribution in [1.82, 2.24) is 0 Å². The van der Waals surface area contributed by atoms with Crippen molar-refractivity contribution in [3.63, 3.8) is 0 Å². The Morgan fingerprint density at radius 1 is 0.564 bits per heavy atom. The molecule has 55 heavy (non-hydrogen) atoms. The van der Waals surface area contributed by atoms with Crippen molar-refractivity contribution < 1.29 is 47.8 Å². The Kier molecular flexibility index (Phi) is 37.8. The molecule has 1 unspecified atom stereocenters. The lowest BCUT2D eigenvalue weighted by Gasteiger charge is -2.20. The van der Waals surface area contributed by atoms with Gasteiger partial charge in [0.25, 0.3) is 0 Å². The molecule has 3 N–H and O–H groups in total. The van der Waals surface area contributed by atoms with Gasteiger partial charge in [0.2, 0.25) is 0 Å². The molecule has 0 saturated carbocycles. The van der Waals surface area contributed by atoms with Crippen LogP contribution in [0.25, 0.3) is 0 Å². The molecule has 0 heterocycles. The standard InChI is InChI=1S/C44H75O10P/c1-3-5-7-9-11-13-15-17-19-20-22-24-26-28-30-32-34-36-44(48)54-42(40-53-55(49,50)52-38-41(46)37-45)39-51-43(47)35-33-31-29-27-25-23-21-18-16-14-12-10-8-6-4-2/h6,8,12,14,18,21-22,24-25,27-28,30,41-42,45-46H,3-5,7,9-11,13,15-17,19-20,23,26,29,31-40H2,1-2H3,(H,49,50)/b8-6+,14-12+,21-18+,24-22+,27-25+,30-28+/t41-,42+/m0/s1. The summed E-state index contributed by atoms with van der Waals surface area (Å²) in [4.78, 5) is 34.9. The molecule has 0 aliphatic heterocycles. The van der Waals surface area contributed by atoms with Crippen LogP contribution in [0.15, 0.2) is 72.9 Å². The minimum atomic E-state index is -4.64. The van der Waals surface area contributed by atoms with E-state index < -0.39 is 51.8 Å². The van der Waals surface area contributed by atoms with Gasteiger partial charge in [-0.25, -0.2) is 4.57 Å². The quantitative estimate of drug-likeness (QED) is 0.0239. The largest absolute Gasteiger partial charge is 0.472 e. The number of allylic oxidation sites excluding steroid dienone is 12. The molecule has 0 aromatic heterocycles. The number of carbonyl (C=O) groups is 2. The molecule has 0 bridgehead atoms. The first-order chi connectivity index (χ1) is 26.7. The number of hydrogen-bond acceptors (Lipinski definition) is 9. The van der Waals surface area contributed by atoms with Gasteiger partial charge >= 0.3 is 19.8 Å². The molecular formula is C44H75O10P. The Morgan fingerprint density at radius 3 is 1.56 bits per heavy atom. The summed E-state index contributed by atoms with van der Waals surface area (Å²) in [5.41, 5.74) is 0. The Morgan fingerprint density at radius 2 is 1.02 bits per heavy atom. The van der Waals surface area contributed by atoms with Crippen LogP contribution in [-0.4, -0.2) is 65.7 Å². The SMILES string of the molecule is CC/C=C/C/C=C/C/C=C/C/C=C/CCCCC(=O)OC[C@H](COP(=O)(O)OC[C@@H](O)CO)OC(=O)CCC/C=C/C/C=C/CCCCCCCCCCC. The number of aliphatic hydroxyl groups excluding tert-OH is 2. The van der Waals surface area contributed by atoms with Crippen LogP contribution in [0.4, 0.5) is 0 Å². The van der Waals surface area contributed by atoms with Crippen molar-refractivity contribution in [3.05, 3.63) is 72.9 Å². The smallest absolute Gasteiger partial charge is 0.462 e. The minimum Gasteiger partial charge on any atom is -0.462 e. The van der Waals surface area contributed by atoms with E-state index in [0.717, 1.165) is 51.4 Å². The second-order valence-electron chi connectivity index (χ2n) is 13.6. The van der Waals surface area contributed by atoms with Crippen LogP contribution in [0, 0.1) is 0 Å². The number of unbranched alkanes of at least 4 members (excludes halogenated alkanes) is 12. The van der Waals surface area contributed by atoms with Crippen molar-refractivity contribution in [3.8, 4) is 0 Å². The fraction of sp³-hybridized carbons (Fsp3) is 0.682. The van der Waals surface area contributed by atoms with Gasteiger partial charge in [0.1, 0.15) is 12.7 Å². The van der Waals surface area contributed by atoms with E-state index in [0.29, 0.717) is 19.3 Å². The zero-order chi connectivity index (χ0) is 40.5. The van der Waals surface area contributed by atoms with Gasteiger partial charge in [-0.05, 0) is 77.0 Å². The molecule has 0 fully saturated rings. The molecular weight excluding hydrogens is 719 g/mol. The number of ether oxygens (including phenoxy) is 2. The van der Waals surface area contributed by atoms with Gasteiger partial charge < -0.3 is 24.6 Å². The highest BCUT2D eigenvalue weighted by molar-refractivity contribution is 7.47. The summed E-state index contributed by atoms with van der Waals surface area (Å²) in [6.45, 7) is 2.15. The van der Waals surface area contributed by atoms with Crippen LogP contribution >= 0.6 is 7.82 Å². The van der Waals surface area contributed by atoms with Gasteiger partial charge in [0.05, 0.1) is 19.8 Å². The van der Waals surface area contributed by atoms with E-state index in [-0.39, 0.29) is 19.4 Å². The van der Waals surface area contributed by atoms with Crippen molar-refractivity contribution in [2.45, 2.75) is 167 Å². The molecule has 11 heteroatoms. The second-order valence-corrected chi connectivity index (χ2v) is 15.1. The molecule has 0 radical (unpaired) electrons. The van der Waals surface area contributed by atoms with Gasteiger partial charge in [-0.1, -0.05) is 138 Å². The molecule has 0 spiro atoms. The van der Waals surface area contributed by atoms with E-state index in [1.54, 1.807) is 0 Å². The maximum atomic E-state index is 12.6. The summed E-state index contributed by atoms with van der Waals surface area (Å²) in [5, 5.41) is 18.3. The zero-order valence-electron chi connectivity index (χ0n) is 34.1. The molecule has 3 atom stereocenters. The number of hydrogen-bond donors (Lipinski definition) is 3. The van der Waals surface area contributed by atoms with Crippen LogP contribution in [0.1, 0.15) is 155 Å². The number of rotatable bonds is 38. The summed E-state index contributed by atoms with van der Waals surface area (Å²) in [5.74, 6) is -1.03. The highest BCUT2D eigenvalue weighted by Gasteiger charge is 2.27. The Hall–Kier alpha value is -2.59. The Labute approximate surface area is 333 Å². The minimum absolute atomic E-state index is 0.108. The van der Waals surface area contributed by atoms with Gasteiger partial charge in [-0.15, -0.1) is 0 Å². The summed E-state index contributed by atoms with van der Waals surface area (Å²) in [6.07, 6.45) is 44.6. The predicted octanol–water partition coefficient (Wildman–Crippen LogP) is 10.9. The van der Waals surface area contributed by atoms with Crippen LogP contribution in [0.5, 0.6) is 0 Å². The Balaban J connectivity index is 4.46. The van der Waals surface area contributed by atoms with Crippen LogP contribution < -0.4 is 0 Å². The van der Waals surface area contributed by atoms with Gasteiger partial charge in [0, 0.05) is 12.8 Å². The first-order valence-corrected chi connectivity index (χ1v) is 22.4. The molecule has 0 aliphatic carbocycles. The molecule has 10 nitrogen and oxygen atoms in total. The van der Waals surface area contributed by atoms with Crippen LogP contribution in [0.3, 0.4) is 0 Å². The highest BCUT2D eigenvalue weighted by atomic mass is 31.2. The van der Waals surface area contributed by atoms with E-state index in [9.17, 15) is 24.2 Å². The summed E-state index contributed by atoms with van der Waals surface area (Å²) in [6, 6.07) is 0. The third kappa shape index (κ3) is 39.4. The molecule has 0 saturated heterocycles. The van der Waals surface area contributed by atoms with Crippen LogP contribution in [-0.2, 0) is 32.7 Å². The molecule has 0 rings (SSSR count). The summed E-state index contributed by atoms with van der Waals surface area (Å²) in [7, 11) is -4.64. The third-order valence-corrected chi connectivity index (χ3v) is 9.30. The average molecular weight is 795 g/mol. The number of phosphoric ester groups is 1. The lowest BCUT2D eigenvalue weighted by Crippen LogP contribution is -2.29. The fourth-order valence-electron chi connectivity index (χ4n) is 5.14. The van der Waals surface area contributed by atoms with Crippen molar-refractivity contribution in [2.24, 2.45) is 0 Å². The van der Waals surface area contributed by atoms with Gasteiger partial charge in [0.15, 0.2) is 6.10 Å². The van der Waals surface area contributed by atoms with Crippen LogP contribution in [0.2, 0.25) is 0 Å². The van der Waals surface area contributed by atoms with E-state index in [1.165, 1.54) is 57.8 Å². The molecule has 0 amide bonds. The first kappa shape index (κ1) is 52.4. The lowest BCUT2D eigenvalue weighted by molar-refractivity contribution is -0.161. The number of carbonyl (C=O) groups excluding carboxylic acids is 2. The highest BCUT2D eigenvalue weighted by Crippen LogP contribution is 2.43. The van der Waals surface area contributed by atoms with E-state index >= 15 is 0 Å². The number of phosphoric acid groups is 1. The topological polar surface area (TPSA) is 149 Å². The van der Waals surface area contributed by atoms with E-state index in [2.05, 4.69) is 85.2 Å². The lowest BCUT2D eigenvalue weighted by atomic mass is 10.1. The second kappa shape index (κ2) is 39.6. The van der Waals surface area contributed by atoms with E-state index in [4.69, 9.17) is 19.1 Å². The molecule has 0 aromatic rings. The number of esters is 2. The maximum Gasteiger partial charge on any atom is 0.472 e. The molecule has 316 valence electrons. The van der Waals surface area contributed by atoms with Crippen molar-refractivity contribution in [1.29, 1.82) is 0 Å². The normalized spacial score (nSPS) is 14.6. The maximum absolute atomic E-state index is 12.6. The monoisotopic (exact) mass is 795 g/mol.